The second-order valence-corrected chi connectivity index (χ2v) is 4.93. The van der Waals surface area contributed by atoms with E-state index >= 15 is 0 Å². The highest BCUT2D eigenvalue weighted by Crippen LogP contribution is 2.31. The third kappa shape index (κ3) is 3.71. The van der Waals surface area contributed by atoms with E-state index in [1.54, 1.807) is 7.11 Å². The lowest BCUT2D eigenvalue weighted by Crippen LogP contribution is -2.44. The topological polar surface area (TPSA) is 59.6 Å². The maximum atomic E-state index is 12.0. The molecule has 2 N–H and O–H groups in total. The number of amides is 1. The summed E-state index contributed by atoms with van der Waals surface area (Å²) < 4.78 is 10.5. The minimum absolute atomic E-state index is 0.00508. The van der Waals surface area contributed by atoms with Crippen LogP contribution in [0.2, 0.25) is 0 Å². The highest BCUT2D eigenvalue weighted by molar-refractivity contribution is 5.81. The number of rotatable bonds is 7. The molecule has 0 aliphatic carbocycles. The summed E-state index contributed by atoms with van der Waals surface area (Å²) in [5, 5.41) is 6.20. The summed E-state index contributed by atoms with van der Waals surface area (Å²) in [6, 6.07) is 7.74. The molecule has 5 heteroatoms. The lowest BCUT2D eigenvalue weighted by Gasteiger charge is -2.18. The van der Waals surface area contributed by atoms with Crippen LogP contribution in [-0.2, 0) is 9.53 Å². The van der Waals surface area contributed by atoms with Gasteiger partial charge in [0.15, 0.2) is 0 Å². The standard InChI is InChI=1S/C15H22N2O3/c1-11(15(18)16-8-5-9-19-2)17-13-10-20-14-7-4-3-6-12(13)14/h3-4,6-7,11,13,17H,5,8-10H2,1-2H3,(H,16,18). The van der Waals surface area contributed by atoms with Crippen molar-refractivity contribution in [3.8, 4) is 5.75 Å². The van der Waals surface area contributed by atoms with Crippen LogP contribution in [0.5, 0.6) is 5.75 Å². The smallest absolute Gasteiger partial charge is 0.236 e. The van der Waals surface area contributed by atoms with Gasteiger partial charge < -0.3 is 14.8 Å². The average molecular weight is 278 g/mol. The van der Waals surface area contributed by atoms with Gasteiger partial charge in [0, 0.05) is 25.8 Å². The minimum atomic E-state index is -0.252. The van der Waals surface area contributed by atoms with E-state index in [0.29, 0.717) is 19.8 Å². The van der Waals surface area contributed by atoms with Gasteiger partial charge in [-0.2, -0.15) is 0 Å². The van der Waals surface area contributed by atoms with Gasteiger partial charge in [0.25, 0.3) is 0 Å². The Morgan fingerprint density at radius 1 is 1.50 bits per heavy atom. The summed E-state index contributed by atoms with van der Waals surface area (Å²) in [5.41, 5.74) is 1.12. The molecule has 2 rings (SSSR count). The molecule has 2 unspecified atom stereocenters. The van der Waals surface area contributed by atoms with Crippen LogP contribution in [0, 0.1) is 0 Å². The van der Waals surface area contributed by atoms with Crippen molar-refractivity contribution in [1.29, 1.82) is 0 Å². The molecule has 1 heterocycles. The van der Waals surface area contributed by atoms with E-state index < -0.39 is 0 Å². The molecule has 0 saturated carbocycles. The normalized spacial score (nSPS) is 18.2. The number of hydrogen-bond donors (Lipinski definition) is 2. The second-order valence-electron chi connectivity index (χ2n) is 4.93. The van der Waals surface area contributed by atoms with Crippen molar-refractivity contribution in [2.24, 2.45) is 0 Å². The number of fused-ring (bicyclic) bond motifs is 1. The zero-order chi connectivity index (χ0) is 14.4. The zero-order valence-electron chi connectivity index (χ0n) is 12.0. The van der Waals surface area contributed by atoms with Crippen LogP contribution >= 0.6 is 0 Å². The monoisotopic (exact) mass is 278 g/mol. The van der Waals surface area contributed by atoms with E-state index in [2.05, 4.69) is 10.6 Å². The van der Waals surface area contributed by atoms with Crippen LogP contribution in [0.1, 0.15) is 24.9 Å². The van der Waals surface area contributed by atoms with Crippen LogP contribution in [0.3, 0.4) is 0 Å². The molecule has 0 aromatic heterocycles. The van der Waals surface area contributed by atoms with E-state index in [0.717, 1.165) is 17.7 Å². The lowest BCUT2D eigenvalue weighted by atomic mass is 10.1. The summed E-state index contributed by atoms with van der Waals surface area (Å²) in [4.78, 5) is 12.0. The van der Waals surface area contributed by atoms with E-state index in [1.165, 1.54) is 0 Å². The first-order chi connectivity index (χ1) is 9.72. The van der Waals surface area contributed by atoms with Gasteiger partial charge in [0.1, 0.15) is 12.4 Å². The Morgan fingerprint density at radius 2 is 2.30 bits per heavy atom. The molecule has 1 aromatic carbocycles. The molecule has 1 amide bonds. The lowest BCUT2D eigenvalue weighted by molar-refractivity contribution is -0.123. The van der Waals surface area contributed by atoms with E-state index in [1.807, 2.05) is 31.2 Å². The highest BCUT2D eigenvalue weighted by Gasteiger charge is 2.26. The predicted molar refractivity (Wildman–Crippen MR) is 76.8 cm³/mol. The molecule has 1 aliphatic heterocycles. The molecule has 0 spiro atoms. The molecule has 0 bridgehead atoms. The number of carbonyl (C=O) groups excluding carboxylic acids is 1. The van der Waals surface area contributed by atoms with Crippen LogP contribution in [0.25, 0.3) is 0 Å². The Hall–Kier alpha value is -1.59. The van der Waals surface area contributed by atoms with Crippen molar-refractivity contribution in [2.45, 2.75) is 25.4 Å². The molecule has 0 fully saturated rings. The van der Waals surface area contributed by atoms with Gasteiger partial charge in [-0.15, -0.1) is 0 Å². The second kappa shape index (κ2) is 7.26. The molecule has 110 valence electrons. The fourth-order valence-corrected chi connectivity index (χ4v) is 2.26. The zero-order valence-corrected chi connectivity index (χ0v) is 12.0. The quantitative estimate of drug-likeness (QED) is 0.737. The van der Waals surface area contributed by atoms with Crippen LogP contribution in [-0.4, -0.2) is 38.8 Å². The average Bonchev–Trinajstić information content (AvgIpc) is 2.87. The molecular formula is C15H22N2O3. The third-order valence-corrected chi connectivity index (χ3v) is 3.37. The predicted octanol–water partition coefficient (Wildman–Crippen LogP) is 1.25. The van der Waals surface area contributed by atoms with Crippen molar-refractivity contribution in [2.75, 3.05) is 26.9 Å². The number of ether oxygens (including phenoxy) is 2. The summed E-state index contributed by atoms with van der Waals surface area (Å²) in [7, 11) is 1.66. The van der Waals surface area contributed by atoms with Crippen molar-refractivity contribution >= 4 is 5.91 Å². The van der Waals surface area contributed by atoms with E-state index in [4.69, 9.17) is 9.47 Å². The number of methoxy groups -OCH3 is 1. The Balaban J connectivity index is 1.80. The largest absolute Gasteiger partial charge is 0.491 e. The number of para-hydroxylation sites is 1. The van der Waals surface area contributed by atoms with Gasteiger partial charge in [-0.05, 0) is 19.4 Å². The Kier molecular flexibility index (Phi) is 5.38. The highest BCUT2D eigenvalue weighted by atomic mass is 16.5. The molecule has 0 saturated heterocycles. The van der Waals surface area contributed by atoms with Crippen molar-refractivity contribution in [1.82, 2.24) is 10.6 Å². The van der Waals surface area contributed by atoms with Gasteiger partial charge in [-0.1, -0.05) is 18.2 Å². The summed E-state index contributed by atoms with van der Waals surface area (Å²) in [6.07, 6.45) is 0.824. The molecule has 1 aliphatic rings. The fraction of sp³-hybridized carbons (Fsp3) is 0.533. The van der Waals surface area contributed by atoms with Crippen LogP contribution in [0.15, 0.2) is 24.3 Å². The fourth-order valence-electron chi connectivity index (χ4n) is 2.26. The Bertz CT molecular complexity index is 450. The number of carbonyl (C=O) groups is 1. The summed E-state index contributed by atoms with van der Waals surface area (Å²) in [5.74, 6) is 0.906. The van der Waals surface area contributed by atoms with E-state index in [9.17, 15) is 4.79 Å². The summed E-state index contributed by atoms with van der Waals surface area (Å²) in [6.45, 7) is 3.73. The third-order valence-electron chi connectivity index (χ3n) is 3.37. The first-order valence-electron chi connectivity index (χ1n) is 6.97. The molecule has 5 nitrogen and oxygen atoms in total. The van der Waals surface area contributed by atoms with E-state index in [-0.39, 0.29) is 18.0 Å². The Labute approximate surface area is 119 Å². The van der Waals surface area contributed by atoms with Crippen molar-refractivity contribution in [3.63, 3.8) is 0 Å². The number of nitrogens with one attached hydrogen (secondary N) is 2. The van der Waals surface area contributed by atoms with Gasteiger partial charge >= 0.3 is 0 Å². The van der Waals surface area contributed by atoms with Crippen LogP contribution in [0.4, 0.5) is 0 Å². The Morgan fingerprint density at radius 3 is 3.10 bits per heavy atom. The van der Waals surface area contributed by atoms with Crippen LogP contribution < -0.4 is 15.4 Å². The summed E-state index contributed by atoms with van der Waals surface area (Å²) >= 11 is 0. The molecule has 1 aromatic rings. The maximum Gasteiger partial charge on any atom is 0.236 e. The molecule has 0 radical (unpaired) electrons. The number of hydrogen-bond acceptors (Lipinski definition) is 4. The molecular weight excluding hydrogens is 256 g/mol. The van der Waals surface area contributed by atoms with Gasteiger partial charge in [0.2, 0.25) is 5.91 Å². The number of benzene rings is 1. The molecule has 2 atom stereocenters. The SMILES string of the molecule is COCCCNC(=O)C(C)NC1COc2ccccc21. The maximum absolute atomic E-state index is 12.0. The van der Waals surface area contributed by atoms with Crippen molar-refractivity contribution in [3.05, 3.63) is 29.8 Å². The first kappa shape index (κ1) is 14.8. The van der Waals surface area contributed by atoms with Gasteiger partial charge in [0.05, 0.1) is 12.1 Å². The van der Waals surface area contributed by atoms with Crippen molar-refractivity contribution < 1.29 is 14.3 Å². The minimum Gasteiger partial charge on any atom is -0.491 e. The van der Waals surface area contributed by atoms with Gasteiger partial charge in [-0.25, -0.2) is 0 Å². The molecule has 20 heavy (non-hydrogen) atoms. The first-order valence-corrected chi connectivity index (χ1v) is 6.97. The van der Waals surface area contributed by atoms with Gasteiger partial charge in [-0.3, -0.25) is 10.1 Å².